The molecule has 1 N–H and O–H groups in total. The van der Waals surface area contributed by atoms with E-state index < -0.39 is 5.23 Å². The van der Waals surface area contributed by atoms with E-state index in [2.05, 4.69) is 38.3 Å². The predicted octanol–water partition coefficient (Wildman–Crippen LogP) is 6.86. The summed E-state index contributed by atoms with van der Waals surface area (Å²) in [5.74, 6) is 0. The summed E-state index contributed by atoms with van der Waals surface area (Å²) in [6.45, 7) is 4.48. The second kappa shape index (κ2) is 11.6. The van der Waals surface area contributed by atoms with Gasteiger partial charge < -0.3 is 0 Å². The number of hydrogen-bond donors (Lipinski definition) is 3. The zero-order valence-electron chi connectivity index (χ0n) is 13.7. The molecule has 0 rings (SSSR count). The van der Waals surface area contributed by atoms with Crippen LogP contribution in [0.15, 0.2) is 0 Å². The molecule has 0 fully saturated rings. The molecule has 0 aromatic carbocycles. The zero-order chi connectivity index (χ0) is 15.3. The predicted molar refractivity (Wildman–Crippen MR) is 104 cm³/mol. The van der Waals surface area contributed by atoms with Crippen molar-refractivity contribution in [3.63, 3.8) is 0 Å². The van der Waals surface area contributed by atoms with Gasteiger partial charge in [0.25, 0.3) is 0 Å². The van der Waals surface area contributed by atoms with Crippen molar-refractivity contribution in [2.45, 2.75) is 90.9 Å². The summed E-state index contributed by atoms with van der Waals surface area (Å²) in [6, 6.07) is 0. The van der Waals surface area contributed by atoms with E-state index in [1.54, 1.807) is 0 Å². The maximum absolute atomic E-state index is 10.6. The van der Waals surface area contributed by atoms with Crippen LogP contribution in [0.3, 0.4) is 0 Å². The molecule has 0 spiro atoms. The molecule has 0 amide bonds. The van der Waals surface area contributed by atoms with Crippen molar-refractivity contribution in [3.8, 4) is 0 Å². The van der Waals surface area contributed by atoms with Gasteiger partial charge in [-0.15, -0.1) is 0 Å². The summed E-state index contributed by atoms with van der Waals surface area (Å²) in [4.78, 5) is 10.6. The van der Waals surface area contributed by atoms with Crippen LogP contribution < -0.4 is 0 Å². The van der Waals surface area contributed by atoms with Crippen LogP contribution in [0.2, 0.25) is 0 Å². The Balaban J connectivity index is 3.64. The van der Waals surface area contributed by atoms with Crippen LogP contribution in [0.4, 0.5) is 0 Å². The Morgan fingerprint density at radius 2 is 0.900 bits per heavy atom. The van der Waals surface area contributed by atoms with Gasteiger partial charge in [0.1, 0.15) is 0 Å². The number of thiol groups is 2. The molecule has 0 aliphatic heterocycles. The van der Waals surface area contributed by atoms with E-state index in [4.69, 9.17) is 0 Å². The molecule has 0 aliphatic rings. The van der Waals surface area contributed by atoms with Crippen molar-refractivity contribution >= 4 is 29.7 Å². The molecule has 0 heterocycles. The van der Waals surface area contributed by atoms with Crippen LogP contribution >= 0.6 is 29.7 Å². The van der Waals surface area contributed by atoms with Gasteiger partial charge in [0.05, 0.1) is 0 Å². The van der Waals surface area contributed by atoms with E-state index in [1.165, 1.54) is 64.2 Å². The maximum atomic E-state index is 10.6. The summed E-state index contributed by atoms with van der Waals surface area (Å²) in [7, 11) is 0. The third-order valence-electron chi connectivity index (χ3n) is 3.94. The van der Waals surface area contributed by atoms with Crippen molar-refractivity contribution in [2.24, 2.45) is 0 Å². The van der Waals surface area contributed by atoms with Crippen LogP contribution in [-0.4, -0.2) is 17.2 Å². The monoisotopic (exact) mass is 340 g/mol. The fraction of sp³-hybridized carbons (Fsp3) is 1.00. The molecule has 20 heavy (non-hydrogen) atoms. The van der Waals surface area contributed by atoms with Gasteiger partial charge in [0.2, 0.25) is 0 Å². The Morgan fingerprint density at radius 1 is 0.600 bits per heavy atom. The molecule has 0 radical (unpaired) electrons. The van der Waals surface area contributed by atoms with Gasteiger partial charge in [0, 0.05) is 0 Å². The summed E-state index contributed by atoms with van der Waals surface area (Å²) < 4.78 is 0. The number of hydrogen-bond acceptors (Lipinski definition) is 3. The van der Waals surface area contributed by atoms with Gasteiger partial charge in [-0.05, 0) is 0 Å². The molecule has 0 saturated heterocycles. The average Bonchev–Trinajstić information content (AvgIpc) is 2.37. The van der Waals surface area contributed by atoms with Crippen molar-refractivity contribution in [1.29, 1.82) is 0 Å². The molecule has 4 heteroatoms. The Morgan fingerprint density at radius 3 is 1.25 bits per heavy atom. The standard InChI is InChI=1S/C16H37OPS2/c1-3-5-7-9-11-13-15-18(17,19,20)16-14-12-10-8-6-4-2/h17,19-20H,3-16H2,1-2H3. The van der Waals surface area contributed by atoms with Gasteiger partial charge in [-0.25, -0.2) is 0 Å². The van der Waals surface area contributed by atoms with Gasteiger partial charge in [-0.3, -0.25) is 0 Å². The van der Waals surface area contributed by atoms with Gasteiger partial charge in [-0.1, -0.05) is 0 Å². The Kier molecular flexibility index (Phi) is 12.3. The van der Waals surface area contributed by atoms with Crippen molar-refractivity contribution in [1.82, 2.24) is 0 Å². The fourth-order valence-corrected chi connectivity index (χ4v) is 6.21. The Hall–Kier alpha value is 1.09. The summed E-state index contributed by atoms with van der Waals surface area (Å²) in [6.07, 6.45) is 16.7. The third-order valence-corrected chi connectivity index (χ3v) is 8.80. The van der Waals surface area contributed by atoms with E-state index in [0.29, 0.717) is 0 Å². The zero-order valence-corrected chi connectivity index (χ0v) is 16.4. The van der Waals surface area contributed by atoms with Crippen LogP contribution in [0.25, 0.3) is 0 Å². The third kappa shape index (κ3) is 14.0. The molecular formula is C16H37OPS2. The summed E-state index contributed by atoms with van der Waals surface area (Å²) >= 11 is 9.16. The molecule has 0 aromatic rings. The quantitative estimate of drug-likeness (QED) is 0.179. The first-order valence-corrected chi connectivity index (χ1v) is 13.5. The van der Waals surface area contributed by atoms with Crippen molar-refractivity contribution in [2.75, 3.05) is 12.3 Å². The number of rotatable bonds is 14. The van der Waals surface area contributed by atoms with Crippen LogP contribution in [0.1, 0.15) is 90.9 Å². The molecule has 124 valence electrons. The van der Waals surface area contributed by atoms with Crippen LogP contribution in [0.5, 0.6) is 0 Å². The minimum absolute atomic E-state index is 0.818. The molecular weight excluding hydrogens is 303 g/mol. The molecule has 1 nitrogen and oxygen atoms in total. The van der Waals surface area contributed by atoms with Gasteiger partial charge >= 0.3 is 138 Å². The number of unbranched alkanes of at least 4 members (excludes halogenated alkanes) is 10. The van der Waals surface area contributed by atoms with Gasteiger partial charge in [-0.2, -0.15) is 0 Å². The van der Waals surface area contributed by atoms with Gasteiger partial charge in [0.15, 0.2) is 0 Å². The molecule has 0 aliphatic carbocycles. The summed E-state index contributed by atoms with van der Waals surface area (Å²) in [5.41, 5.74) is 0. The molecule has 0 atom stereocenters. The Bertz CT molecular complexity index is 206. The SMILES string of the molecule is CCCCCCCCP(O)(S)(S)CCCCCCCC. The second-order valence-corrected chi connectivity index (χ2v) is 16.5. The van der Waals surface area contributed by atoms with Crippen molar-refractivity contribution in [3.05, 3.63) is 0 Å². The van der Waals surface area contributed by atoms with E-state index >= 15 is 0 Å². The van der Waals surface area contributed by atoms with Crippen LogP contribution in [0, 0.1) is 0 Å². The van der Waals surface area contributed by atoms with Crippen LogP contribution in [-0.2, 0) is 0 Å². The van der Waals surface area contributed by atoms with E-state index in [1.807, 2.05) is 0 Å². The summed E-state index contributed by atoms with van der Waals surface area (Å²) in [5, 5.41) is -2.92. The first-order valence-electron chi connectivity index (χ1n) is 8.65. The van der Waals surface area contributed by atoms with E-state index in [9.17, 15) is 4.89 Å². The first-order chi connectivity index (χ1) is 9.39. The molecule has 0 bridgehead atoms. The molecule has 0 aromatic heterocycles. The Labute approximate surface area is 138 Å². The fourth-order valence-electron chi connectivity index (χ4n) is 2.54. The second-order valence-electron chi connectivity index (χ2n) is 6.32. The first kappa shape index (κ1) is 21.1. The minimum atomic E-state index is -2.92. The van der Waals surface area contributed by atoms with E-state index in [0.717, 1.165) is 25.2 Å². The van der Waals surface area contributed by atoms with E-state index in [-0.39, 0.29) is 0 Å². The molecule has 0 saturated carbocycles. The van der Waals surface area contributed by atoms with Crippen molar-refractivity contribution < 1.29 is 4.89 Å². The average molecular weight is 341 g/mol. The normalized spacial score (nSPS) is 14.2. The molecule has 0 unspecified atom stereocenters. The topological polar surface area (TPSA) is 20.2 Å².